The molecule has 0 atom stereocenters. The van der Waals surface area contributed by atoms with Crippen molar-refractivity contribution in [2.45, 2.75) is 13.3 Å². The van der Waals surface area contributed by atoms with Crippen molar-refractivity contribution in [3.8, 4) is 5.75 Å². The molecule has 16 heavy (non-hydrogen) atoms. The Morgan fingerprint density at radius 1 is 1.44 bits per heavy atom. The first-order valence-electron chi connectivity index (χ1n) is 4.11. The Bertz CT molecular complexity index is 406. The molecule has 0 unspecified atom stereocenters. The van der Waals surface area contributed by atoms with Gasteiger partial charge in [-0.05, 0) is 28.1 Å². The molecule has 7 heteroatoms. The van der Waals surface area contributed by atoms with Gasteiger partial charge in [0.05, 0.1) is 5.69 Å². The fourth-order valence-electron chi connectivity index (χ4n) is 0.987. The monoisotopic (exact) mass is 297 g/mol. The molecular formula is C9H7BrF3NO2. The topological polar surface area (TPSA) is 38.3 Å². The van der Waals surface area contributed by atoms with E-state index in [9.17, 15) is 18.0 Å². The first-order chi connectivity index (χ1) is 7.28. The van der Waals surface area contributed by atoms with Crippen LogP contribution in [0.1, 0.15) is 6.92 Å². The molecule has 0 fully saturated rings. The van der Waals surface area contributed by atoms with Gasteiger partial charge in [-0.2, -0.15) is 0 Å². The maximum absolute atomic E-state index is 11.9. The van der Waals surface area contributed by atoms with Gasteiger partial charge in [0.1, 0.15) is 5.75 Å². The van der Waals surface area contributed by atoms with Gasteiger partial charge in [-0.3, -0.25) is 4.79 Å². The molecule has 0 bridgehead atoms. The smallest absolute Gasteiger partial charge is 0.406 e. The Morgan fingerprint density at radius 2 is 2.06 bits per heavy atom. The minimum atomic E-state index is -4.75. The van der Waals surface area contributed by atoms with E-state index in [1.54, 1.807) is 0 Å². The molecule has 1 aromatic rings. The van der Waals surface area contributed by atoms with E-state index in [1.165, 1.54) is 13.0 Å². The highest BCUT2D eigenvalue weighted by Gasteiger charge is 2.31. The summed E-state index contributed by atoms with van der Waals surface area (Å²) in [5, 5.41) is 2.37. The van der Waals surface area contributed by atoms with Gasteiger partial charge in [-0.25, -0.2) is 0 Å². The average Bonchev–Trinajstić information content (AvgIpc) is 2.07. The zero-order valence-electron chi connectivity index (χ0n) is 8.06. The Hall–Kier alpha value is -1.24. The van der Waals surface area contributed by atoms with Crippen LogP contribution < -0.4 is 10.1 Å². The Morgan fingerprint density at radius 3 is 2.56 bits per heavy atom. The second-order valence-corrected chi connectivity index (χ2v) is 3.72. The van der Waals surface area contributed by atoms with Crippen molar-refractivity contribution in [3.05, 3.63) is 22.7 Å². The van der Waals surface area contributed by atoms with Gasteiger partial charge in [0.15, 0.2) is 0 Å². The third kappa shape index (κ3) is 4.09. The first kappa shape index (κ1) is 12.8. The number of alkyl halides is 3. The lowest BCUT2D eigenvalue weighted by molar-refractivity contribution is -0.274. The highest BCUT2D eigenvalue weighted by Crippen LogP contribution is 2.30. The second kappa shape index (κ2) is 4.73. The standard InChI is InChI=1S/C9H7BrF3NO2/c1-5(15)14-8-4-6(2-3-7(8)10)16-9(11,12)13/h2-4H,1H3,(H,14,15). The lowest BCUT2D eigenvalue weighted by Crippen LogP contribution is -2.17. The number of rotatable bonds is 2. The minimum absolute atomic E-state index is 0.217. The molecule has 0 radical (unpaired) electrons. The number of amides is 1. The van der Waals surface area contributed by atoms with Gasteiger partial charge in [-0.15, -0.1) is 13.2 Å². The summed E-state index contributed by atoms with van der Waals surface area (Å²) in [6, 6.07) is 3.58. The molecule has 0 spiro atoms. The number of carbonyl (C=O) groups is 1. The van der Waals surface area contributed by atoms with E-state index in [1.807, 2.05) is 0 Å². The van der Waals surface area contributed by atoms with E-state index in [0.717, 1.165) is 12.1 Å². The van der Waals surface area contributed by atoms with E-state index in [-0.39, 0.29) is 17.3 Å². The van der Waals surface area contributed by atoms with Crippen LogP contribution in [0.15, 0.2) is 22.7 Å². The van der Waals surface area contributed by atoms with Crippen LogP contribution in [0.4, 0.5) is 18.9 Å². The third-order valence-electron chi connectivity index (χ3n) is 1.48. The fourth-order valence-corrected chi connectivity index (χ4v) is 1.33. The largest absolute Gasteiger partial charge is 0.573 e. The van der Waals surface area contributed by atoms with Crippen LogP contribution in [0.5, 0.6) is 5.75 Å². The molecule has 88 valence electrons. The average molecular weight is 298 g/mol. The Labute approximate surface area is 97.7 Å². The quantitative estimate of drug-likeness (QED) is 0.909. The fraction of sp³-hybridized carbons (Fsp3) is 0.222. The van der Waals surface area contributed by atoms with Crippen molar-refractivity contribution in [1.82, 2.24) is 0 Å². The Kier molecular flexibility index (Phi) is 3.79. The maximum Gasteiger partial charge on any atom is 0.573 e. The minimum Gasteiger partial charge on any atom is -0.406 e. The molecule has 1 aromatic carbocycles. The summed E-state index contributed by atoms with van der Waals surface area (Å²) in [5.41, 5.74) is 0.217. The molecule has 1 N–H and O–H groups in total. The highest BCUT2D eigenvalue weighted by atomic mass is 79.9. The van der Waals surface area contributed by atoms with E-state index < -0.39 is 6.36 Å². The van der Waals surface area contributed by atoms with Gasteiger partial charge < -0.3 is 10.1 Å². The summed E-state index contributed by atoms with van der Waals surface area (Å²) in [6.07, 6.45) is -4.75. The number of hydrogen-bond acceptors (Lipinski definition) is 2. The molecule has 0 saturated heterocycles. The second-order valence-electron chi connectivity index (χ2n) is 2.87. The predicted molar refractivity (Wildman–Crippen MR) is 55.1 cm³/mol. The summed E-state index contributed by atoms with van der Waals surface area (Å²) >= 11 is 3.09. The molecule has 1 amide bonds. The summed E-state index contributed by atoms with van der Waals surface area (Å²) in [4.78, 5) is 10.8. The number of nitrogens with one attached hydrogen (secondary N) is 1. The number of hydrogen-bond donors (Lipinski definition) is 1. The van der Waals surface area contributed by atoms with Crippen molar-refractivity contribution < 1.29 is 22.7 Å². The molecule has 0 heterocycles. The SMILES string of the molecule is CC(=O)Nc1cc(OC(F)(F)F)ccc1Br. The molecule has 1 rings (SSSR count). The van der Waals surface area contributed by atoms with Crippen LogP contribution in [0.2, 0.25) is 0 Å². The van der Waals surface area contributed by atoms with Crippen molar-refractivity contribution in [2.24, 2.45) is 0 Å². The van der Waals surface area contributed by atoms with Gasteiger partial charge in [-0.1, -0.05) is 0 Å². The van der Waals surface area contributed by atoms with E-state index >= 15 is 0 Å². The van der Waals surface area contributed by atoms with Gasteiger partial charge in [0.2, 0.25) is 5.91 Å². The lowest BCUT2D eigenvalue weighted by Gasteiger charge is -2.11. The van der Waals surface area contributed by atoms with E-state index in [4.69, 9.17) is 0 Å². The van der Waals surface area contributed by atoms with Crippen LogP contribution in [0.25, 0.3) is 0 Å². The van der Waals surface area contributed by atoms with Crippen LogP contribution in [-0.2, 0) is 4.79 Å². The number of benzene rings is 1. The van der Waals surface area contributed by atoms with Crippen molar-refractivity contribution in [3.63, 3.8) is 0 Å². The van der Waals surface area contributed by atoms with Crippen LogP contribution >= 0.6 is 15.9 Å². The summed E-state index contributed by atoms with van der Waals surface area (Å²) in [7, 11) is 0. The number of ether oxygens (including phenoxy) is 1. The zero-order chi connectivity index (χ0) is 12.3. The summed E-state index contributed by atoms with van der Waals surface area (Å²) in [5.74, 6) is -0.774. The van der Waals surface area contributed by atoms with E-state index in [2.05, 4.69) is 26.0 Å². The van der Waals surface area contributed by atoms with Gasteiger partial charge >= 0.3 is 6.36 Å². The number of anilines is 1. The molecule has 0 saturated carbocycles. The zero-order valence-corrected chi connectivity index (χ0v) is 9.65. The first-order valence-corrected chi connectivity index (χ1v) is 4.90. The number of halogens is 4. The molecular weight excluding hydrogens is 291 g/mol. The van der Waals surface area contributed by atoms with Crippen LogP contribution in [0.3, 0.4) is 0 Å². The molecule has 3 nitrogen and oxygen atoms in total. The lowest BCUT2D eigenvalue weighted by atomic mass is 10.3. The third-order valence-corrected chi connectivity index (χ3v) is 2.17. The summed E-state index contributed by atoms with van der Waals surface area (Å²) in [6.45, 7) is 1.25. The predicted octanol–water partition coefficient (Wildman–Crippen LogP) is 3.31. The molecule has 0 aliphatic carbocycles. The maximum atomic E-state index is 11.9. The molecule has 0 aliphatic heterocycles. The van der Waals surface area contributed by atoms with Crippen molar-refractivity contribution in [2.75, 3.05) is 5.32 Å². The normalized spacial score (nSPS) is 11.1. The van der Waals surface area contributed by atoms with Crippen LogP contribution in [0, 0.1) is 0 Å². The van der Waals surface area contributed by atoms with Gasteiger partial charge in [0, 0.05) is 17.5 Å². The van der Waals surface area contributed by atoms with Gasteiger partial charge in [0.25, 0.3) is 0 Å². The van der Waals surface area contributed by atoms with E-state index in [0.29, 0.717) is 4.47 Å². The van der Waals surface area contributed by atoms with Crippen LogP contribution in [-0.4, -0.2) is 12.3 Å². The molecule has 0 aromatic heterocycles. The number of carbonyl (C=O) groups excluding carboxylic acids is 1. The summed E-state index contributed by atoms with van der Waals surface area (Å²) < 4.78 is 39.9. The molecule has 0 aliphatic rings. The highest BCUT2D eigenvalue weighted by molar-refractivity contribution is 9.10. The Balaban J connectivity index is 2.93. The van der Waals surface area contributed by atoms with Crippen molar-refractivity contribution >= 4 is 27.5 Å². The van der Waals surface area contributed by atoms with Crippen molar-refractivity contribution in [1.29, 1.82) is 0 Å².